The van der Waals surface area contributed by atoms with Gasteiger partial charge >= 0.3 is 6.18 Å². The Bertz CT molecular complexity index is 926. The summed E-state index contributed by atoms with van der Waals surface area (Å²) in [6.45, 7) is 0.311. The zero-order chi connectivity index (χ0) is 19.4. The summed E-state index contributed by atoms with van der Waals surface area (Å²) in [5.74, 6) is -0.379. The molecule has 3 rings (SSSR count). The second-order valence-corrected chi connectivity index (χ2v) is 5.86. The van der Waals surface area contributed by atoms with E-state index in [1.807, 2.05) is 0 Å². The molecule has 0 aliphatic rings. The average molecular weight is 376 g/mol. The lowest BCUT2D eigenvalue weighted by Crippen LogP contribution is -2.27. The van der Waals surface area contributed by atoms with Gasteiger partial charge < -0.3 is 4.90 Å². The molecule has 27 heavy (non-hydrogen) atoms. The summed E-state index contributed by atoms with van der Waals surface area (Å²) in [5, 5.41) is 7.63. The third-order valence-corrected chi connectivity index (χ3v) is 3.72. The highest BCUT2D eigenvalue weighted by Crippen LogP contribution is 2.29. The van der Waals surface area contributed by atoms with Crippen LogP contribution in [0.1, 0.15) is 27.3 Å². The summed E-state index contributed by atoms with van der Waals surface area (Å²) >= 11 is 0. The fourth-order valence-corrected chi connectivity index (χ4v) is 2.43. The monoisotopic (exact) mass is 376 g/mol. The fourth-order valence-electron chi connectivity index (χ4n) is 2.43. The first-order valence-electron chi connectivity index (χ1n) is 7.89. The smallest absolute Gasteiger partial charge is 0.334 e. The van der Waals surface area contributed by atoms with E-state index in [0.29, 0.717) is 11.3 Å². The van der Waals surface area contributed by atoms with Gasteiger partial charge in [0, 0.05) is 19.4 Å². The summed E-state index contributed by atoms with van der Waals surface area (Å²) in [7, 11) is 1.59. The maximum Gasteiger partial charge on any atom is 0.416 e. The van der Waals surface area contributed by atoms with Crippen LogP contribution in [0.3, 0.4) is 0 Å². The van der Waals surface area contributed by atoms with E-state index in [4.69, 9.17) is 0 Å². The van der Waals surface area contributed by atoms with Crippen molar-refractivity contribution in [3.8, 4) is 0 Å². The molecular weight excluding hydrogens is 361 g/mol. The minimum atomic E-state index is -4.41. The van der Waals surface area contributed by atoms with Crippen LogP contribution in [0.15, 0.2) is 49.1 Å². The van der Waals surface area contributed by atoms with Crippen LogP contribution in [0.25, 0.3) is 0 Å². The van der Waals surface area contributed by atoms with Gasteiger partial charge in [-0.2, -0.15) is 13.2 Å². The van der Waals surface area contributed by atoms with Crippen molar-refractivity contribution < 1.29 is 18.0 Å². The molecule has 10 heteroatoms. The maximum absolute atomic E-state index is 12.8. The normalized spacial score (nSPS) is 11.4. The van der Waals surface area contributed by atoms with Gasteiger partial charge in [-0.25, -0.2) is 4.68 Å². The first-order chi connectivity index (χ1) is 12.8. The second-order valence-electron chi connectivity index (χ2n) is 5.86. The van der Waals surface area contributed by atoms with Crippen molar-refractivity contribution in [1.29, 1.82) is 0 Å². The molecule has 7 nitrogen and oxygen atoms in total. The molecule has 0 spiro atoms. The second kappa shape index (κ2) is 7.52. The number of alkyl halides is 3. The number of aromatic nitrogens is 5. The molecule has 140 valence electrons. The van der Waals surface area contributed by atoms with Crippen LogP contribution in [0, 0.1) is 0 Å². The van der Waals surface area contributed by atoms with E-state index < -0.39 is 11.7 Å². The van der Waals surface area contributed by atoms with Gasteiger partial charge in [0.2, 0.25) is 0 Å². The highest BCUT2D eigenvalue weighted by Gasteiger charge is 2.30. The molecular formula is C17H15F3N6O. The number of nitrogens with zero attached hydrogens (tertiary/aromatic N) is 6. The summed E-state index contributed by atoms with van der Waals surface area (Å²) in [6.07, 6.45) is 1.59. The van der Waals surface area contributed by atoms with Crippen LogP contribution in [-0.4, -0.2) is 42.8 Å². The molecule has 2 heterocycles. The van der Waals surface area contributed by atoms with E-state index in [-0.39, 0.29) is 24.7 Å². The Morgan fingerprint density at radius 1 is 1.26 bits per heavy atom. The largest absolute Gasteiger partial charge is 0.416 e. The predicted molar refractivity (Wildman–Crippen MR) is 88.4 cm³/mol. The molecule has 0 radical (unpaired) electrons. The number of halogens is 3. The summed E-state index contributed by atoms with van der Waals surface area (Å²) in [4.78, 5) is 21.8. The number of benzene rings is 1. The predicted octanol–water partition coefficient (Wildman–Crippen LogP) is 2.41. The first-order valence-corrected chi connectivity index (χ1v) is 7.89. The third-order valence-electron chi connectivity index (χ3n) is 3.72. The first kappa shape index (κ1) is 18.5. The van der Waals surface area contributed by atoms with Crippen LogP contribution in [-0.2, 0) is 19.3 Å². The zero-order valence-electron chi connectivity index (χ0n) is 14.3. The van der Waals surface area contributed by atoms with E-state index in [0.717, 1.165) is 12.1 Å². The molecule has 0 aliphatic carbocycles. The Balaban J connectivity index is 1.68. The van der Waals surface area contributed by atoms with E-state index in [1.54, 1.807) is 19.3 Å². The quantitative estimate of drug-likeness (QED) is 0.684. The third kappa shape index (κ3) is 4.66. The van der Waals surface area contributed by atoms with Crippen molar-refractivity contribution in [2.24, 2.45) is 0 Å². The molecule has 0 saturated carbocycles. The number of rotatable bonds is 5. The number of hydrogen-bond donors (Lipinski definition) is 0. The van der Waals surface area contributed by atoms with Crippen LogP contribution in [0.4, 0.5) is 13.2 Å². The van der Waals surface area contributed by atoms with Gasteiger partial charge in [0.1, 0.15) is 0 Å². The van der Waals surface area contributed by atoms with E-state index in [2.05, 4.69) is 20.3 Å². The van der Waals surface area contributed by atoms with E-state index in [1.165, 1.54) is 34.2 Å². The molecule has 1 amide bonds. The molecule has 0 saturated heterocycles. The van der Waals surface area contributed by atoms with Crippen molar-refractivity contribution in [2.45, 2.75) is 19.3 Å². The van der Waals surface area contributed by atoms with Crippen molar-refractivity contribution in [2.75, 3.05) is 7.05 Å². The lowest BCUT2D eigenvalue weighted by molar-refractivity contribution is -0.137. The molecule has 0 aliphatic heterocycles. The lowest BCUT2D eigenvalue weighted by Gasteiger charge is -2.14. The van der Waals surface area contributed by atoms with Gasteiger partial charge in [0.25, 0.3) is 5.91 Å². The minimum absolute atomic E-state index is 0.0675. The van der Waals surface area contributed by atoms with Gasteiger partial charge in [-0.15, -0.1) is 5.10 Å². The van der Waals surface area contributed by atoms with Gasteiger partial charge in [-0.05, 0) is 17.7 Å². The Morgan fingerprint density at radius 2 is 2.07 bits per heavy atom. The van der Waals surface area contributed by atoms with Crippen molar-refractivity contribution in [3.63, 3.8) is 0 Å². The number of carbonyl (C=O) groups excluding carboxylic acids is 1. The fraction of sp³-hybridized carbons (Fsp3) is 0.235. The Labute approximate surface area is 152 Å². The SMILES string of the molecule is CN(Cc1cnccn1)C(=O)c1cn(Cc2cccc(C(F)(F)F)c2)nn1. The standard InChI is InChI=1S/C17H15F3N6O/c1-25(10-14-8-21-5-6-22-14)16(27)15-11-26(24-23-15)9-12-3-2-4-13(7-12)17(18,19)20/h2-8,11H,9-10H2,1H3. The Hall–Kier alpha value is -3.30. The molecule has 0 unspecified atom stereocenters. The molecule has 1 aromatic carbocycles. The highest BCUT2D eigenvalue weighted by molar-refractivity contribution is 5.91. The van der Waals surface area contributed by atoms with Crippen molar-refractivity contribution in [3.05, 3.63) is 71.6 Å². The molecule has 0 N–H and O–H groups in total. The molecule has 0 fully saturated rings. The summed E-state index contributed by atoms with van der Waals surface area (Å²) in [5.41, 5.74) is 0.375. The van der Waals surface area contributed by atoms with E-state index >= 15 is 0 Å². The summed E-state index contributed by atoms with van der Waals surface area (Å²) in [6, 6.07) is 4.93. The van der Waals surface area contributed by atoms with Crippen LogP contribution >= 0.6 is 0 Å². The van der Waals surface area contributed by atoms with Crippen LogP contribution in [0.2, 0.25) is 0 Å². The van der Waals surface area contributed by atoms with Crippen molar-refractivity contribution >= 4 is 5.91 Å². The average Bonchev–Trinajstić information content (AvgIpc) is 3.10. The molecule has 0 atom stereocenters. The number of hydrogen-bond acceptors (Lipinski definition) is 5. The summed E-state index contributed by atoms with van der Waals surface area (Å²) < 4.78 is 39.7. The van der Waals surface area contributed by atoms with E-state index in [9.17, 15) is 18.0 Å². The van der Waals surface area contributed by atoms with Gasteiger partial charge in [-0.3, -0.25) is 14.8 Å². The highest BCUT2D eigenvalue weighted by atomic mass is 19.4. The Kier molecular flexibility index (Phi) is 5.15. The lowest BCUT2D eigenvalue weighted by atomic mass is 10.1. The zero-order valence-corrected chi connectivity index (χ0v) is 14.3. The minimum Gasteiger partial charge on any atom is -0.334 e. The van der Waals surface area contributed by atoms with Crippen molar-refractivity contribution in [1.82, 2.24) is 29.9 Å². The molecule has 0 bridgehead atoms. The molecule has 3 aromatic rings. The van der Waals surface area contributed by atoms with Crippen LogP contribution in [0.5, 0.6) is 0 Å². The van der Waals surface area contributed by atoms with Gasteiger partial charge in [-0.1, -0.05) is 17.3 Å². The van der Waals surface area contributed by atoms with Gasteiger partial charge in [0.05, 0.1) is 36.7 Å². The van der Waals surface area contributed by atoms with Gasteiger partial charge in [0.15, 0.2) is 5.69 Å². The molecule has 2 aromatic heterocycles. The topological polar surface area (TPSA) is 76.8 Å². The number of amides is 1. The van der Waals surface area contributed by atoms with Crippen LogP contribution < -0.4 is 0 Å². The number of carbonyl (C=O) groups is 1. The Morgan fingerprint density at radius 3 is 2.78 bits per heavy atom. The maximum atomic E-state index is 12.8.